The minimum Gasteiger partial charge on any atom is -0.504 e. The topological polar surface area (TPSA) is 95.9 Å². The summed E-state index contributed by atoms with van der Waals surface area (Å²) < 4.78 is 5.04. The van der Waals surface area contributed by atoms with Crippen molar-refractivity contribution in [2.45, 2.75) is 13.8 Å². The van der Waals surface area contributed by atoms with Crippen LogP contribution in [-0.4, -0.2) is 40.7 Å². The van der Waals surface area contributed by atoms with Crippen molar-refractivity contribution in [1.29, 1.82) is 0 Å². The van der Waals surface area contributed by atoms with Crippen LogP contribution in [0.1, 0.15) is 16.7 Å². The maximum Gasteiger partial charge on any atom is 0.294 e. The van der Waals surface area contributed by atoms with Crippen molar-refractivity contribution < 1.29 is 24.2 Å². The molecule has 3 rings (SSSR count). The molecular formula is C21H19ClN2O5S. The van der Waals surface area contributed by atoms with E-state index in [1.807, 2.05) is 26.0 Å². The molecule has 0 radical (unpaired) electrons. The zero-order chi connectivity index (χ0) is 22.0. The second kappa shape index (κ2) is 8.81. The van der Waals surface area contributed by atoms with Gasteiger partial charge in [-0.2, -0.15) is 0 Å². The van der Waals surface area contributed by atoms with Gasteiger partial charge in [-0.3, -0.25) is 19.3 Å². The number of aryl methyl sites for hydroxylation is 2. The third-order valence-electron chi connectivity index (χ3n) is 4.54. The molecule has 2 N–H and O–H groups in total. The van der Waals surface area contributed by atoms with Crippen LogP contribution in [0.2, 0.25) is 5.02 Å². The third-order valence-corrected chi connectivity index (χ3v) is 5.67. The summed E-state index contributed by atoms with van der Waals surface area (Å²) in [6.07, 6.45) is 1.34. The van der Waals surface area contributed by atoms with Crippen LogP contribution in [0, 0.1) is 13.8 Å². The third kappa shape index (κ3) is 4.60. The molecule has 0 spiro atoms. The van der Waals surface area contributed by atoms with Crippen molar-refractivity contribution in [3.8, 4) is 11.5 Å². The molecule has 0 unspecified atom stereocenters. The van der Waals surface area contributed by atoms with Gasteiger partial charge in [-0.05, 0) is 61.0 Å². The van der Waals surface area contributed by atoms with E-state index >= 15 is 0 Å². The fourth-order valence-corrected chi connectivity index (χ4v) is 3.85. The number of amides is 3. The van der Waals surface area contributed by atoms with Crippen LogP contribution in [0.25, 0.3) is 6.08 Å². The molecule has 1 fully saturated rings. The number of phenolic OH excluding ortho intramolecular Hbond substituents is 1. The molecule has 1 heterocycles. The van der Waals surface area contributed by atoms with Gasteiger partial charge < -0.3 is 15.2 Å². The largest absolute Gasteiger partial charge is 0.504 e. The van der Waals surface area contributed by atoms with Crippen LogP contribution in [-0.2, 0) is 9.59 Å². The predicted molar refractivity (Wildman–Crippen MR) is 117 cm³/mol. The number of imide groups is 1. The van der Waals surface area contributed by atoms with Gasteiger partial charge >= 0.3 is 0 Å². The van der Waals surface area contributed by atoms with Crippen LogP contribution in [0.15, 0.2) is 35.2 Å². The number of carbonyl (C=O) groups excluding carboxylic acids is 3. The fraction of sp³-hybridized carbons (Fsp3) is 0.190. The van der Waals surface area contributed by atoms with E-state index < -0.39 is 23.6 Å². The number of aromatic hydroxyl groups is 1. The first-order valence-electron chi connectivity index (χ1n) is 8.88. The van der Waals surface area contributed by atoms with Crippen molar-refractivity contribution in [1.82, 2.24) is 4.90 Å². The number of ether oxygens (including phenoxy) is 1. The summed E-state index contributed by atoms with van der Waals surface area (Å²) >= 11 is 6.69. The first-order chi connectivity index (χ1) is 14.2. The Morgan fingerprint density at radius 1 is 1.23 bits per heavy atom. The highest BCUT2D eigenvalue weighted by Crippen LogP contribution is 2.38. The smallest absolute Gasteiger partial charge is 0.294 e. The fourth-order valence-electron chi connectivity index (χ4n) is 2.80. The molecule has 30 heavy (non-hydrogen) atoms. The molecule has 1 aliphatic rings. The zero-order valence-corrected chi connectivity index (χ0v) is 18.1. The average Bonchev–Trinajstić information content (AvgIpc) is 2.94. The Bertz CT molecular complexity index is 1080. The molecule has 2 aromatic rings. The number of anilines is 1. The number of nitrogens with zero attached hydrogens (tertiary/aromatic N) is 1. The average molecular weight is 447 g/mol. The summed E-state index contributed by atoms with van der Waals surface area (Å²) in [6.45, 7) is 3.47. The number of hydrogen-bond donors (Lipinski definition) is 2. The number of rotatable bonds is 5. The lowest BCUT2D eigenvalue weighted by Gasteiger charge is -2.13. The molecule has 7 nitrogen and oxygen atoms in total. The Hall–Kier alpha value is -2.97. The molecule has 2 aromatic carbocycles. The summed E-state index contributed by atoms with van der Waals surface area (Å²) in [7, 11) is 1.37. The summed E-state index contributed by atoms with van der Waals surface area (Å²) in [4.78, 5) is 38.2. The zero-order valence-electron chi connectivity index (χ0n) is 16.5. The lowest BCUT2D eigenvalue weighted by molar-refractivity contribution is -0.127. The number of thioether (sulfide) groups is 1. The number of carbonyl (C=O) groups is 3. The lowest BCUT2D eigenvalue weighted by Crippen LogP contribution is -2.36. The number of halogens is 1. The first kappa shape index (κ1) is 21.7. The van der Waals surface area contributed by atoms with E-state index in [4.69, 9.17) is 16.3 Å². The summed E-state index contributed by atoms with van der Waals surface area (Å²) in [5.74, 6) is -1.19. The summed E-state index contributed by atoms with van der Waals surface area (Å²) in [5, 5.41) is 12.6. The number of benzene rings is 2. The predicted octanol–water partition coefficient (Wildman–Crippen LogP) is 4.35. The van der Waals surface area contributed by atoms with Gasteiger partial charge in [0.15, 0.2) is 11.5 Å². The molecular weight excluding hydrogens is 428 g/mol. The van der Waals surface area contributed by atoms with Crippen molar-refractivity contribution >= 4 is 52.2 Å². The quantitative estimate of drug-likeness (QED) is 0.663. The van der Waals surface area contributed by atoms with E-state index in [2.05, 4.69) is 5.32 Å². The Labute approximate surface area is 182 Å². The molecule has 0 aliphatic carbocycles. The van der Waals surface area contributed by atoms with Crippen LogP contribution < -0.4 is 10.1 Å². The highest BCUT2D eigenvalue weighted by atomic mass is 35.5. The Kier molecular flexibility index (Phi) is 6.38. The second-order valence-electron chi connectivity index (χ2n) is 6.66. The number of phenols is 1. The Morgan fingerprint density at radius 3 is 2.63 bits per heavy atom. The van der Waals surface area contributed by atoms with Gasteiger partial charge in [0.05, 0.1) is 12.0 Å². The van der Waals surface area contributed by atoms with Crippen molar-refractivity contribution in [3.05, 3.63) is 56.9 Å². The normalized spacial score (nSPS) is 15.1. The van der Waals surface area contributed by atoms with E-state index in [0.717, 1.165) is 16.0 Å². The van der Waals surface area contributed by atoms with Gasteiger partial charge in [-0.1, -0.05) is 17.7 Å². The molecule has 3 amide bonds. The van der Waals surface area contributed by atoms with Crippen LogP contribution in [0.3, 0.4) is 0 Å². The van der Waals surface area contributed by atoms with Crippen LogP contribution >= 0.6 is 23.4 Å². The molecule has 9 heteroatoms. The van der Waals surface area contributed by atoms with Crippen molar-refractivity contribution in [2.24, 2.45) is 0 Å². The number of nitrogens with one attached hydrogen (secondary N) is 1. The van der Waals surface area contributed by atoms with Crippen LogP contribution in [0.5, 0.6) is 11.5 Å². The number of hydrogen-bond acceptors (Lipinski definition) is 6. The second-order valence-corrected chi connectivity index (χ2v) is 8.09. The van der Waals surface area contributed by atoms with Gasteiger partial charge in [0.25, 0.3) is 11.1 Å². The molecule has 0 bridgehead atoms. The van der Waals surface area contributed by atoms with Gasteiger partial charge in [0, 0.05) is 22.3 Å². The Morgan fingerprint density at radius 2 is 1.97 bits per heavy atom. The van der Waals surface area contributed by atoms with Gasteiger partial charge in [0.2, 0.25) is 5.91 Å². The lowest BCUT2D eigenvalue weighted by atomic mass is 10.1. The van der Waals surface area contributed by atoms with E-state index in [9.17, 15) is 19.5 Å². The molecule has 0 atom stereocenters. The molecule has 0 aromatic heterocycles. The van der Waals surface area contributed by atoms with Crippen LogP contribution in [0.4, 0.5) is 10.5 Å². The molecule has 1 saturated heterocycles. The summed E-state index contributed by atoms with van der Waals surface area (Å²) in [6, 6.07) is 8.32. The minimum atomic E-state index is -0.626. The first-order valence-corrected chi connectivity index (χ1v) is 10.1. The minimum absolute atomic E-state index is 0.0681. The molecule has 156 valence electrons. The van der Waals surface area contributed by atoms with E-state index in [-0.39, 0.29) is 22.0 Å². The maximum atomic E-state index is 12.6. The SMILES string of the molecule is COc1cc(Cl)cc(C=C2SC(=O)N(CC(=O)Nc3ccc(C)c(C)c3)C2=O)c1O. The number of methoxy groups -OCH3 is 1. The highest BCUT2D eigenvalue weighted by Gasteiger charge is 2.36. The summed E-state index contributed by atoms with van der Waals surface area (Å²) in [5.41, 5.74) is 2.91. The van der Waals surface area contributed by atoms with Gasteiger partial charge in [-0.15, -0.1) is 0 Å². The molecule has 1 aliphatic heterocycles. The van der Waals surface area contributed by atoms with Crippen molar-refractivity contribution in [3.63, 3.8) is 0 Å². The van der Waals surface area contributed by atoms with Crippen molar-refractivity contribution in [2.75, 3.05) is 19.0 Å². The standard InChI is InChI=1S/C21H19ClN2O5S/c1-11-4-5-15(6-12(11)2)23-18(25)10-24-20(27)17(30-21(24)28)8-13-7-14(22)9-16(29-3)19(13)26/h4-9,26H,10H2,1-3H3,(H,23,25). The monoisotopic (exact) mass is 446 g/mol. The van der Waals surface area contributed by atoms with E-state index in [1.165, 1.54) is 25.3 Å². The molecule has 0 saturated carbocycles. The van der Waals surface area contributed by atoms with Gasteiger partial charge in [0.1, 0.15) is 6.54 Å². The van der Waals surface area contributed by atoms with E-state index in [1.54, 1.807) is 6.07 Å². The highest BCUT2D eigenvalue weighted by molar-refractivity contribution is 8.18. The Balaban J connectivity index is 1.76. The van der Waals surface area contributed by atoms with E-state index in [0.29, 0.717) is 22.5 Å². The maximum absolute atomic E-state index is 12.6. The van der Waals surface area contributed by atoms with Gasteiger partial charge in [-0.25, -0.2) is 0 Å².